The van der Waals surface area contributed by atoms with Crippen LogP contribution >= 0.6 is 12.4 Å². The fourth-order valence-electron chi connectivity index (χ4n) is 2.82. The molecule has 23 heavy (non-hydrogen) atoms. The molecule has 1 aromatic heterocycles. The standard InChI is InChI=1S/C15H18N6O.ClH/c22-15(13-5-2-8-16-13)17-11-4-1-3-10(9-11)14-18-19-20-21(14)12-6-7-12;/h1,3-4,9,12-13,16H,2,5-8H2,(H,17,22);1H/t13-;/m0./s1. The normalized spacial score (nSPS) is 20.1. The Morgan fingerprint density at radius 3 is 2.91 bits per heavy atom. The predicted molar refractivity (Wildman–Crippen MR) is 88.4 cm³/mol. The molecule has 0 unspecified atom stereocenters. The van der Waals surface area contributed by atoms with Crippen LogP contribution in [0.5, 0.6) is 0 Å². The first-order chi connectivity index (χ1) is 10.8. The molecule has 2 heterocycles. The summed E-state index contributed by atoms with van der Waals surface area (Å²) in [5, 5.41) is 18.1. The van der Waals surface area contributed by atoms with E-state index in [0.717, 1.165) is 49.3 Å². The van der Waals surface area contributed by atoms with Crippen LogP contribution in [-0.4, -0.2) is 38.7 Å². The minimum atomic E-state index is -0.0829. The SMILES string of the molecule is Cl.O=C(Nc1cccc(-c2nnnn2C2CC2)c1)[C@@H]1CCCN1. The molecule has 1 aliphatic heterocycles. The third kappa shape index (κ3) is 3.35. The minimum absolute atomic E-state index is 0. The maximum Gasteiger partial charge on any atom is 0.241 e. The quantitative estimate of drug-likeness (QED) is 0.890. The fraction of sp³-hybridized carbons (Fsp3) is 0.467. The summed E-state index contributed by atoms with van der Waals surface area (Å²) >= 11 is 0. The lowest BCUT2D eigenvalue weighted by Crippen LogP contribution is -2.35. The number of rotatable bonds is 4. The summed E-state index contributed by atoms with van der Waals surface area (Å²) < 4.78 is 1.87. The van der Waals surface area contributed by atoms with E-state index in [-0.39, 0.29) is 24.4 Å². The first-order valence-corrected chi connectivity index (χ1v) is 7.74. The summed E-state index contributed by atoms with van der Waals surface area (Å²) in [5.41, 5.74) is 1.70. The van der Waals surface area contributed by atoms with Crippen LogP contribution in [0.2, 0.25) is 0 Å². The van der Waals surface area contributed by atoms with Gasteiger partial charge in [0.2, 0.25) is 5.91 Å². The second kappa shape index (κ2) is 6.64. The van der Waals surface area contributed by atoms with E-state index in [0.29, 0.717) is 6.04 Å². The third-order valence-electron chi connectivity index (χ3n) is 4.15. The van der Waals surface area contributed by atoms with Crippen molar-refractivity contribution < 1.29 is 4.79 Å². The second-order valence-corrected chi connectivity index (χ2v) is 5.90. The van der Waals surface area contributed by atoms with E-state index in [1.807, 2.05) is 28.9 Å². The number of amides is 1. The largest absolute Gasteiger partial charge is 0.325 e. The molecule has 0 bridgehead atoms. The number of hydrogen-bond donors (Lipinski definition) is 2. The van der Waals surface area contributed by atoms with Gasteiger partial charge >= 0.3 is 0 Å². The van der Waals surface area contributed by atoms with Gasteiger partial charge in [0.1, 0.15) is 0 Å². The molecular weight excluding hydrogens is 316 g/mol. The zero-order valence-corrected chi connectivity index (χ0v) is 13.4. The molecule has 8 heteroatoms. The Hall–Kier alpha value is -1.99. The van der Waals surface area contributed by atoms with Gasteiger partial charge in [-0.1, -0.05) is 12.1 Å². The highest BCUT2D eigenvalue weighted by Crippen LogP contribution is 2.36. The summed E-state index contributed by atoms with van der Waals surface area (Å²) in [4.78, 5) is 12.2. The molecule has 1 saturated carbocycles. The topological polar surface area (TPSA) is 84.7 Å². The fourth-order valence-corrected chi connectivity index (χ4v) is 2.82. The molecule has 1 saturated heterocycles. The lowest BCUT2D eigenvalue weighted by Gasteiger charge is -2.12. The van der Waals surface area contributed by atoms with Crippen molar-refractivity contribution in [3.05, 3.63) is 24.3 Å². The van der Waals surface area contributed by atoms with E-state index >= 15 is 0 Å². The molecule has 0 radical (unpaired) electrons. The van der Waals surface area contributed by atoms with Gasteiger partial charge in [-0.15, -0.1) is 17.5 Å². The second-order valence-electron chi connectivity index (χ2n) is 5.90. The molecule has 1 aliphatic carbocycles. The number of carbonyl (C=O) groups is 1. The van der Waals surface area contributed by atoms with E-state index in [1.54, 1.807) is 0 Å². The van der Waals surface area contributed by atoms with Gasteiger partial charge in [0.05, 0.1) is 12.1 Å². The van der Waals surface area contributed by atoms with Gasteiger partial charge in [-0.05, 0) is 54.8 Å². The van der Waals surface area contributed by atoms with Crippen LogP contribution in [0.15, 0.2) is 24.3 Å². The lowest BCUT2D eigenvalue weighted by molar-refractivity contribution is -0.117. The molecule has 122 valence electrons. The summed E-state index contributed by atoms with van der Waals surface area (Å²) in [7, 11) is 0. The van der Waals surface area contributed by atoms with Crippen molar-refractivity contribution in [1.82, 2.24) is 25.5 Å². The van der Waals surface area contributed by atoms with Crippen LogP contribution in [0.3, 0.4) is 0 Å². The molecule has 1 atom stereocenters. The maximum absolute atomic E-state index is 12.2. The van der Waals surface area contributed by atoms with Gasteiger partial charge in [-0.25, -0.2) is 4.68 Å². The Bertz CT molecular complexity index is 693. The highest BCUT2D eigenvalue weighted by Gasteiger charge is 2.28. The average molecular weight is 335 g/mol. The van der Waals surface area contributed by atoms with Crippen LogP contribution in [0.1, 0.15) is 31.7 Å². The molecule has 4 rings (SSSR count). The first kappa shape index (κ1) is 15.9. The van der Waals surface area contributed by atoms with Gasteiger partial charge in [0.15, 0.2) is 5.82 Å². The Labute approximate surface area is 140 Å². The molecule has 7 nitrogen and oxygen atoms in total. The lowest BCUT2D eigenvalue weighted by atomic mass is 10.1. The van der Waals surface area contributed by atoms with E-state index in [4.69, 9.17) is 0 Å². The van der Waals surface area contributed by atoms with E-state index in [2.05, 4.69) is 26.2 Å². The Kier molecular flexibility index (Phi) is 4.58. The molecule has 1 aromatic carbocycles. The molecule has 2 N–H and O–H groups in total. The van der Waals surface area contributed by atoms with Crippen molar-refractivity contribution in [1.29, 1.82) is 0 Å². The van der Waals surface area contributed by atoms with Crippen LogP contribution in [0.25, 0.3) is 11.4 Å². The van der Waals surface area contributed by atoms with Crippen LogP contribution in [0, 0.1) is 0 Å². The zero-order valence-electron chi connectivity index (χ0n) is 12.6. The molecule has 0 spiro atoms. The predicted octanol–water partition coefficient (Wildman–Crippen LogP) is 1.79. The van der Waals surface area contributed by atoms with Crippen molar-refractivity contribution in [3.8, 4) is 11.4 Å². The van der Waals surface area contributed by atoms with Crippen molar-refractivity contribution >= 4 is 24.0 Å². The minimum Gasteiger partial charge on any atom is -0.325 e. The van der Waals surface area contributed by atoms with E-state index in [1.165, 1.54) is 0 Å². The van der Waals surface area contributed by atoms with Gasteiger partial charge in [-0.3, -0.25) is 4.79 Å². The molecule has 2 fully saturated rings. The number of hydrogen-bond acceptors (Lipinski definition) is 5. The highest BCUT2D eigenvalue weighted by molar-refractivity contribution is 5.95. The summed E-state index contributed by atoms with van der Waals surface area (Å²) in [6.07, 6.45) is 4.20. The Morgan fingerprint density at radius 1 is 1.30 bits per heavy atom. The number of carbonyl (C=O) groups excluding carboxylic acids is 1. The van der Waals surface area contributed by atoms with Gasteiger partial charge in [0, 0.05) is 11.3 Å². The van der Waals surface area contributed by atoms with Gasteiger partial charge < -0.3 is 10.6 Å². The van der Waals surface area contributed by atoms with Crippen LogP contribution < -0.4 is 10.6 Å². The number of halogens is 1. The molecule has 1 amide bonds. The van der Waals surface area contributed by atoms with E-state index in [9.17, 15) is 4.79 Å². The van der Waals surface area contributed by atoms with Crippen molar-refractivity contribution in [2.24, 2.45) is 0 Å². The monoisotopic (exact) mass is 334 g/mol. The smallest absolute Gasteiger partial charge is 0.241 e. The molecule has 2 aromatic rings. The van der Waals surface area contributed by atoms with Gasteiger partial charge in [-0.2, -0.15) is 0 Å². The maximum atomic E-state index is 12.2. The van der Waals surface area contributed by atoms with Crippen molar-refractivity contribution in [2.45, 2.75) is 37.8 Å². The number of benzene rings is 1. The number of nitrogens with zero attached hydrogens (tertiary/aromatic N) is 4. The Morgan fingerprint density at radius 2 is 2.17 bits per heavy atom. The Balaban J connectivity index is 0.00000156. The van der Waals surface area contributed by atoms with Crippen LogP contribution in [-0.2, 0) is 4.79 Å². The highest BCUT2D eigenvalue weighted by atomic mass is 35.5. The number of nitrogens with one attached hydrogen (secondary N) is 2. The number of anilines is 1. The summed E-state index contributed by atoms with van der Waals surface area (Å²) in [6, 6.07) is 8.04. The van der Waals surface area contributed by atoms with Crippen molar-refractivity contribution in [3.63, 3.8) is 0 Å². The van der Waals surface area contributed by atoms with E-state index < -0.39 is 0 Å². The van der Waals surface area contributed by atoms with Gasteiger partial charge in [0.25, 0.3) is 0 Å². The van der Waals surface area contributed by atoms with Crippen molar-refractivity contribution in [2.75, 3.05) is 11.9 Å². The molecular formula is C15H19ClN6O. The third-order valence-corrected chi connectivity index (χ3v) is 4.15. The number of aromatic nitrogens is 4. The summed E-state index contributed by atoms with van der Waals surface area (Å²) in [6.45, 7) is 0.911. The number of tetrazole rings is 1. The average Bonchev–Trinajstić information content (AvgIpc) is 3.05. The summed E-state index contributed by atoms with van der Waals surface area (Å²) in [5.74, 6) is 0.786. The first-order valence-electron chi connectivity index (χ1n) is 7.74. The zero-order chi connectivity index (χ0) is 14.9. The van der Waals surface area contributed by atoms with Crippen LogP contribution in [0.4, 0.5) is 5.69 Å². The molecule has 2 aliphatic rings.